The third-order valence-electron chi connectivity index (χ3n) is 15.4. The van der Waals surface area contributed by atoms with Crippen LogP contribution in [0.3, 0.4) is 0 Å². The summed E-state index contributed by atoms with van der Waals surface area (Å²) in [6.45, 7) is -0.177. The molecule has 11 aromatic carbocycles. The van der Waals surface area contributed by atoms with E-state index in [2.05, 4.69) is 320 Å². The van der Waals surface area contributed by atoms with Crippen molar-refractivity contribution in [3.8, 4) is 33.8 Å². The van der Waals surface area contributed by atoms with Crippen molar-refractivity contribution in [2.75, 3.05) is 4.81 Å². The van der Waals surface area contributed by atoms with Gasteiger partial charge >= 0.3 is 6.85 Å². The molecule has 13 rings (SSSR count). The SMILES string of the molecule is c1ccc(B2c3ccccc3-c3ccccc3N2c2cc(-c3cccc([Si](c4ccccc4)(c4ccccc4)c4ccccc4)c3)nc(-c3cccc([Si](c4ccccc4)(c4ccccc4)c4ccccc4)c3)n2)cc1. The van der Waals surface area contributed by atoms with Crippen molar-refractivity contribution < 1.29 is 0 Å². The molecule has 358 valence electrons. The Morgan fingerprint density at radius 3 is 1.13 bits per heavy atom. The Hall–Kier alpha value is -9.20. The molecule has 0 aliphatic carbocycles. The minimum atomic E-state index is -2.92. The molecule has 0 radical (unpaired) electrons. The Kier molecular flexibility index (Phi) is 12.4. The normalized spacial score (nSPS) is 12.2. The molecule has 0 atom stereocenters. The van der Waals surface area contributed by atoms with E-state index in [0.29, 0.717) is 5.82 Å². The van der Waals surface area contributed by atoms with Crippen LogP contribution in [0.4, 0.5) is 11.5 Å². The molecule has 0 N–H and O–H groups in total. The molecule has 0 unspecified atom stereocenters. The molecule has 1 aromatic heterocycles. The molecular weight excluding hydrogens is 950 g/mol. The van der Waals surface area contributed by atoms with Crippen LogP contribution in [0.2, 0.25) is 0 Å². The fraction of sp³-hybridized carbons (Fsp3) is 0. The molecule has 3 nitrogen and oxygen atoms in total. The predicted octanol–water partition coefficient (Wildman–Crippen LogP) is 9.49. The van der Waals surface area contributed by atoms with Gasteiger partial charge in [0.2, 0.25) is 0 Å². The summed E-state index contributed by atoms with van der Waals surface area (Å²) < 4.78 is 0. The molecule has 1 aliphatic rings. The lowest BCUT2D eigenvalue weighted by molar-refractivity contribution is 1.15. The third-order valence-corrected chi connectivity index (χ3v) is 25.0. The quantitative estimate of drug-likeness (QED) is 0.0903. The van der Waals surface area contributed by atoms with E-state index >= 15 is 0 Å². The van der Waals surface area contributed by atoms with Crippen LogP contribution in [0.1, 0.15) is 0 Å². The fourth-order valence-corrected chi connectivity index (χ4v) is 21.7. The van der Waals surface area contributed by atoms with Gasteiger partial charge in [-0.2, -0.15) is 0 Å². The second-order valence-electron chi connectivity index (χ2n) is 19.6. The van der Waals surface area contributed by atoms with Gasteiger partial charge in [-0.25, -0.2) is 9.97 Å². The Morgan fingerprint density at radius 1 is 0.289 bits per heavy atom. The highest BCUT2D eigenvalue weighted by atomic mass is 28.3. The van der Waals surface area contributed by atoms with E-state index < -0.39 is 16.1 Å². The number of rotatable bonds is 12. The molecule has 0 fully saturated rings. The van der Waals surface area contributed by atoms with Gasteiger partial charge in [-0.3, -0.25) is 0 Å². The molecule has 0 saturated heterocycles. The number of nitrogens with zero attached hydrogens (tertiary/aromatic N) is 3. The van der Waals surface area contributed by atoms with Crippen LogP contribution in [0, 0.1) is 0 Å². The standard InChI is InChI=1S/C70H52BN3Si2/c1-8-30-55(31-9-1)71-66-48-24-22-46-64(66)65-47-23-25-49-68(65)74(71)69-52-67(53-28-26-44-62(50-53)75(56-32-10-2-11-33-56,57-34-12-3-13-35-57)58-36-14-4-15-37-58)72-70(73-69)54-29-27-45-63(51-54)76(59-38-16-5-17-39-59,60-40-18-6-19-41-60)61-42-20-7-21-43-61/h1-52H. The Balaban J connectivity index is 1.09. The van der Waals surface area contributed by atoms with E-state index in [-0.39, 0.29) is 6.85 Å². The first kappa shape index (κ1) is 46.6. The first-order chi connectivity index (χ1) is 37.7. The van der Waals surface area contributed by atoms with Crippen molar-refractivity contribution in [2.24, 2.45) is 0 Å². The van der Waals surface area contributed by atoms with Gasteiger partial charge in [-0.1, -0.05) is 309 Å². The second-order valence-corrected chi connectivity index (χ2v) is 27.2. The minimum Gasteiger partial charge on any atom is -0.361 e. The van der Waals surface area contributed by atoms with Crippen molar-refractivity contribution in [3.05, 3.63) is 315 Å². The summed E-state index contributed by atoms with van der Waals surface area (Å²) in [7, 11) is -5.82. The highest BCUT2D eigenvalue weighted by Gasteiger charge is 2.44. The zero-order chi connectivity index (χ0) is 50.7. The molecule has 6 heteroatoms. The maximum absolute atomic E-state index is 5.79. The number of benzene rings is 11. The molecule has 12 aromatic rings. The second kappa shape index (κ2) is 20.3. The van der Waals surface area contributed by atoms with E-state index in [4.69, 9.17) is 9.97 Å². The van der Waals surface area contributed by atoms with Gasteiger partial charge in [0.25, 0.3) is 0 Å². The smallest absolute Gasteiger partial charge is 0.330 e. The number of hydrogen-bond donors (Lipinski definition) is 0. The zero-order valence-electron chi connectivity index (χ0n) is 41.9. The third kappa shape index (κ3) is 8.07. The number of para-hydroxylation sites is 1. The van der Waals surface area contributed by atoms with E-state index in [1.807, 2.05) is 0 Å². The summed E-state index contributed by atoms with van der Waals surface area (Å²) in [6.07, 6.45) is 0. The topological polar surface area (TPSA) is 29.0 Å². The molecule has 0 saturated carbocycles. The van der Waals surface area contributed by atoms with Crippen LogP contribution >= 0.6 is 0 Å². The number of anilines is 2. The van der Waals surface area contributed by atoms with Gasteiger partial charge in [0.1, 0.15) is 5.82 Å². The Labute approximate surface area is 448 Å². The lowest BCUT2D eigenvalue weighted by Crippen LogP contribution is -2.74. The lowest BCUT2D eigenvalue weighted by atomic mass is 9.46. The molecule has 76 heavy (non-hydrogen) atoms. The van der Waals surface area contributed by atoms with Crippen molar-refractivity contribution in [1.82, 2.24) is 9.97 Å². The fourth-order valence-electron chi connectivity index (χ4n) is 12.2. The van der Waals surface area contributed by atoms with Gasteiger partial charge in [0, 0.05) is 28.4 Å². The van der Waals surface area contributed by atoms with Gasteiger partial charge in [0.15, 0.2) is 22.0 Å². The van der Waals surface area contributed by atoms with Crippen molar-refractivity contribution in [2.45, 2.75) is 0 Å². The van der Waals surface area contributed by atoms with Gasteiger partial charge < -0.3 is 4.81 Å². The predicted molar refractivity (Wildman–Crippen MR) is 326 cm³/mol. The van der Waals surface area contributed by atoms with Crippen LogP contribution in [0.15, 0.2) is 315 Å². The molecule has 2 heterocycles. The highest BCUT2D eigenvalue weighted by Crippen LogP contribution is 2.40. The van der Waals surface area contributed by atoms with Crippen molar-refractivity contribution >= 4 is 86.9 Å². The number of aromatic nitrogens is 2. The Bertz CT molecular complexity index is 3560. The zero-order valence-corrected chi connectivity index (χ0v) is 43.9. The summed E-state index contributed by atoms with van der Waals surface area (Å²) in [5.74, 6) is 1.49. The Morgan fingerprint density at radius 2 is 0.658 bits per heavy atom. The van der Waals surface area contributed by atoms with Crippen LogP contribution in [-0.2, 0) is 0 Å². The van der Waals surface area contributed by atoms with Crippen LogP contribution in [0.25, 0.3) is 33.8 Å². The summed E-state index contributed by atoms with van der Waals surface area (Å²) in [5.41, 5.74) is 8.75. The average Bonchev–Trinajstić information content (AvgIpc) is 3.63. The van der Waals surface area contributed by atoms with Gasteiger partial charge in [0.05, 0.1) is 5.69 Å². The van der Waals surface area contributed by atoms with Crippen LogP contribution in [0.5, 0.6) is 0 Å². The molecule has 0 spiro atoms. The number of fused-ring (bicyclic) bond motifs is 3. The van der Waals surface area contributed by atoms with E-state index in [0.717, 1.165) is 28.3 Å². The summed E-state index contributed by atoms with van der Waals surface area (Å²) in [4.78, 5) is 14.0. The maximum atomic E-state index is 5.79. The van der Waals surface area contributed by atoms with Crippen LogP contribution in [-0.4, -0.2) is 33.0 Å². The average molecular weight is 1000 g/mol. The molecule has 0 bridgehead atoms. The van der Waals surface area contributed by atoms with E-state index in [1.54, 1.807) is 0 Å². The van der Waals surface area contributed by atoms with E-state index in [1.165, 1.54) is 63.5 Å². The van der Waals surface area contributed by atoms with Crippen molar-refractivity contribution in [1.29, 1.82) is 0 Å². The number of hydrogen-bond acceptors (Lipinski definition) is 3. The maximum Gasteiger partial charge on any atom is 0.330 e. The lowest BCUT2D eigenvalue weighted by Gasteiger charge is -2.38. The summed E-state index contributed by atoms with van der Waals surface area (Å²) in [5, 5.41) is 10.4. The van der Waals surface area contributed by atoms with Gasteiger partial charge in [-0.15, -0.1) is 0 Å². The van der Waals surface area contributed by atoms with Crippen LogP contribution < -0.4 is 57.2 Å². The monoisotopic (exact) mass is 1000 g/mol. The molecular formula is C70H52BN3Si2. The highest BCUT2D eigenvalue weighted by molar-refractivity contribution is 7.20. The minimum absolute atomic E-state index is 0.177. The first-order valence-electron chi connectivity index (χ1n) is 26.2. The first-order valence-corrected chi connectivity index (χ1v) is 30.2. The van der Waals surface area contributed by atoms with Crippen molar-refractivity contribution in [3.63, 3.8) is 0 Å². The summed E-state index contributed by atoms with van der Waals surface area (Å²) in [6, 6.07) is 116. The van der Waals surface area contributed by atoms with Gasteiger partial charge in [-0.05, 0) is 58.6 Å². The molecule has 0 amide bonds. The largest absolute Gasteiger partial charge is 0.361 e. The van der Waals surface area contributed by atoms with E-state index in [9.17, 15) is 0 Å². The molecule has 1 aliphatic heterocycles. The summed E-state index contributed by atoms with van der Waals surface area (Å²) >= 11 is 0.